The quantitative estimate of drug-likeness (QED) is 0.561. The largest absolute Gasteiger partial charge is 0.481 e. The Hall–Kier alpha value is -1.57. The maximum Gasteiger partial charge on any atom is 0.339 e. The summed E-state index contributed by atoms with van der Waals surface area (Å²) in [6.07, 6.45) is 0.528. The van der Waals surface area contributed by atoms with Crippen molar-refractivity contribution in [3.05, 3.63) is 20.7 Å². The molecule has 8 heteroatoms. The van der Waals surface area contributed by atoms with Gasteiger partial charge in [-0.2, -0.15) is 4.98 Å². The Labute approximate surface area is 101 Å². The number of carbonyl (C=O) groups is 1. The highest BCUT2D eigenvalue weighted by molar-refractivity contribution is 7.99. The number of hydrogen-bond donors (Lipinski definition) is 2. The molecule has 0 aromatic carbocycles. The Morgan fingerprint density at radius 1 is 1.59 bits per heavy atom. The first kappa shape index (κ1) is 13.5. The molecule has 0 aliphatic rings. The number of nitrogens with one attached hydrogen (secondary N) is 1. The van der Waals surface area contributed by atoms with E-state index in [9.17, 15) is 14.4 Å². The summed E-state index contributed by atoms with van der Waals surface area (Å²) in [5, 5.41) is 11.2. The van der Waals surface area contributed by atoms with Crippen LogP contribution in [0.3, 0.4) is 0 Å². The second-order valence-electron chi connectivity index (χ2n) is 3.56. The van der Waals surface area contributed by atoms with Crippen LogP contribution in [0.5, 0.6) is 0 Å². The van der Waals surface area contributed by atoms with E-state index in [1.54, 1.807) is 7.05 Å². The maximum atomic E-state index is 11.1. The minimum Gasteiger partial charge on any atom is -0.481 e. The fourth-order valence-corrected chi connectivity index (χ4v) is 2.07. The van der Waals surface area contributed by atoms with Crippen molar-refractivity contribution < 1.29 is 9.90 Å². The Bertz CT molecular complexity index is 522. The molecule has 1 heterocycles. The predicted molar refractivity (Wildman–Crippen MR) is 62.3 cm³/mol. The molecule has 0 saturated carbocycles. The maximum absolute atomic E-state index is 11.1. The van der Waals surface area contributed by atoms with Crippen LogP contribution in [-0.4, -0.2) is 31.1 Å². The van der Waals surface area contributed by atoms with Gasteiger partial charge in [0.25, 0.3) is 0 Å². The molecular weight excluding hydrogens is 246 g/mol. The van der Waals surface area contributed by atoms with Crippen LogP contribution < -0.4 is 11.1 Å². The molecule has 94 valence electrons. The molecule has 7 nitrogen and oxygen atoms in total. The molecule has 0 saturated heterocycles. The van der Waals surface area contributed by atoms with Crippen molar-refractivity contribution >= 4 is 17.7 Å². The Balaban J connectivity index is 2.75. The van der Waals surface area contributed by atoms with E-state index in [0.717, 1.165) is 0 Å². The molecule has 0 aliphatic heterocycles. The van der Waals surface area contributed by atoms with Gasteiger partial charge < -0.3 is 5.11 Å². The first-order valence-electron chi connectivity index (χ1n) is 4.96. The summed E-state index contributed by atoms with van der Waals surface area (Å²) in [5.41, 5.74) is -1.61. The fourth-order valence-electron chi connectivity index (χ4n) is 1.13. The van der Waals surface area contributed by atoms with E-state index in [1.165, 1.54) is 16.4 Å². The van der Waals surface area contributed by atoms with E-state index < -0.39 is 17.1 Å². The summed E-state index contributed by atoms with van der Waals surface area (Å²) >= 11 is 1.25. The SMILES string of the molecule is CC(CCC(=O)O)Sc1nc(=O)c(=O)[nH]n1C. The zero-order chi connectivity index (χ0) is 13.0. The average Bonchev–Trinajstić information content (AvgIpc) is 2.23. The first-order chi connectivity index (χ1) is 7.90. The Morgan fingerprint density at radius 3 is 2.82 bits per heavy atom. The molecule has 1 unspecified atom stereocenters. The van der Waals surface area contributed by atoms with Gasteiger partial charge in [-0.05, 0) is 6.42 Å². The topological polar surface area (TPSA) is 105 Å². The van der Waals surface area contributed by atoms with Crippen molar-refractivity contribution in [2.24, 2.45) is 7.05 Å². The van der Waals surface area contributed by atoms with Crippen LogP contribution in [0.4, 0.5) is 0 Å². The Kier molecular flexibility index (Phi) is 4.50. The van der Waals surface area contributed by atoms with Crippen LogP contribution in [0.1, 0.15) is 19.8 Å². The number of rotatable bonds is 5. The van der Waals surface area contributed by atoms with Gasteiger partial charge in [0.15, 0.2) is 5.16 Å². The third-order valence-corrected chi connectivity index (χ3v) is 3.23. The number of thioether (sulfide) groups is 1. The van der Waals surface area contributed by atoms with E-state index in [-0.39, 0.29) is 11.7 Å². The zero-order valence-corrected chi connectivity index (χ0v) is 10.3. The molecule has 1 atom stereocenters. The van der Waals surface area contributed by atoms with Crippen LogP contribution in [-0.2, 0) is 11.8 Å². The standard InChI is InChI=1S/C9H13N3O4S/c1-5(3-4-6(13)14)17-9-10-7(15)8(16)11-12(9)2/h5H,3-4H2,1-2H3,(H,11,16)(H,13,14). The average molecular weight is 259 g/mol. The van der Waals surface area contributed by atoms with Crippen molar-refractivity contribution in [3.8, 4) is 0 Å². The van der Waals surface area contributed by atoms with Gasteiger partial charge >= 0.3 is 17.1 Å². The van der Waals surface area contributed by atoms with Crippen LogP contribution in [0.15, 0.2) is 14.7 Å². The number of carboxylic acids is 1. The van der Waals surface area contributed by atoms with Gasteiger partial charge in [-0.15, -0.1) is 0 Å². The minimum atomic E-state index is -0.860. The van der Waals surface area contributed by atoms with E-state index in [2.05, 4.69) is 10.1 Å². The van der Waals surface area contributed by atoms with Crippen LogP contribution >= 0.6 is 11.8 Å². The number of aromatic amines is 1. The number of hydrogen-bond acceptors (Lipinski definition) is 5. The molecule has 17 heavy (non-hydrogen) atoms. The lowest BCUT2D eigenvalue weighted by Gasteiger charge is -2.10. The molecule has 0 aliphatic carbocycles. The third-order valence-electron chi connectivity index (χ3n) is 2.02. The lowest BCUT2D eigenvalue weighted by molar-refractivity contribution is -0.137. The summed E-state index contributed by atoms with van der Waals surface area (Å²) in [7, 11) is 1.57. The minimum absolute atomic E-state index is 0.00454. The Morgan fingerprint density at radius 2 is 2.24 bits per heavy atom. The van der Waals surface area contributed by atoms with Crippen LogP contribution in [0, 0.1) is 0 Å². The molecular formula is C9H13N3O4S. The lowest BCUT2D eigenvalue weighted by atomic mass is 10.2. The molecule has 0 bridgehead atoms. The second-order valence-corrected chi connectivity index (χ2v) is 4.97. The summed E-state index contributed by atoms with van der Waals surface area (Å²) in [6, 6.07) is 0. The molecule has 0 spiro atoms. The highest BCUT2D eigenvalue weighted by atomic mass is 32.2. The lowest BCUT2D eigenvalue weighted by Crippen LogP contribution is -2.34. The van der Waals surface area contributed by atoms with Crippen molar-refractivity contribution in [2.45, 2.75) is 30.2 Å². The zero-order valence-electron chi connectivity index (χ0n) is 9.47. The molecule has 0 fully saturated rings. The van der Waals surface area contributed by atoms with Crippen molar-refractivity contribution in [2.75, 3.05) is 0 Å². The summed E-state index contributed by atoms with van der Waals surface area (Å²) in [6.45, 7) is 1.84. The number of aliphatic carboxylic acids is 1. The highest BCUT2D eigenvalue weighted by Gasteiger charge is 2.11. The van der Waals surface area contributed by atoms with E-state index in [1.807, 2.05) is 6.92 Å². The molecule has 0 radical (unpaired) electrons. The van der Waals surface area contributed by atoms with Crippen LogP contribution in [0.2, 0.25) is 0 Å². The fraction of sp³-hybridized carbons (Fsp3) is 0.556. The van der Waals surface area contributed by atoms with Gasteiger partial charge in [0.1, 0.15) is 0 Å². The number of nitrogens with zero attached hydrogens (tertiary/aromatic N) is 2. The second kappa shape index (κ2) is 5.67. The molecule has 1 aromatic rings. The van der Waals surface area contributed by atoms with Gasteiger partial charge in [-0.1, -0.05) is 18.7 Å². The normalized spacial score (nSPS) is 12.4. The van der Waals surface area contributed by atoms with Gasteiger partial charge in [0, 0.05) is 18.7 Å². The molecule has 1 aromatic heterocycles. The number of H-pyrrole nitrogens is 1. The monoisotopic (exact) mass is 259 g/mol. The number of aromatic nitrogens is 3. The van der Waals surface area contributed by atoms with Crippen molar-refractivity contribution in [1.82, 2.24) is 14.8 Å². The van der Waals surface area contributed by atoms with Gasteiger partial charge in [0.2, 0.25) is 0 Å². The van der Waals surface area contributed by atoms with Crippen LogP contribution in [0.25, 0.3) is 0 Å². The van der Waals surface area contributed by atoms with E-state index in [4.69, 9.17) is 5.11 Å². The smallest absolute Gasteiger partial charge is 0.339 e. The summed E-state index contributed by atoms with van der Waals surface area (Å²) in [5.74, 6) is -0.860. The first-order valence-corrected chi connectivity index (χ1v) is 5.84. The van der Waals surface area contributed by atoms with Gasteiger partial charge in [-0.25, -0.2) is 0 Å². The molecule has 2 N–H and O–H groups in total. The summed E-state index contributed by atoms with van der Waals surface area (Å²) < 4.78 is 1.35. The molecule has 1 rings (SSSR count). The van der Waals surface area contributed by atoms with E-state index >= 15 is 0 Å². The van der Waals surface area contributed by atoms with Gasteiger partial charge in [-0.3, -0.25) is 24.2 Å². The predicted octanol–water partition coefficient (Wildman–Crippen LogP) is -0.186. The number of carboxylic acid groups (broad SMARTS) is 1. The summed E-state index contributed by atoms with van der Waals surface area (Å²) in [4.78, 5) is 36.0. The molecule has 0 amide bonds. The van der Waals surface area contributed by atoms with Crippen molar-refractivity contribution in [3.63, 3.8) is 0 Å². The van der Waals surface area contributed by atoms with Crippen molar-refractivity contribution in [1.29, 1.82) is 0 Å². The van der Waals surface area contributed by atoms with Gasteiger partial charge in [0.05, 0.1) is 0 Å². The number of aryl methyl sites for hydroxylation is 1. The third kappa shape index (κ3) is 4.06. The highest BCUT2D eigenvalue weighted by Crippen LogP contribution is 2.21. The van der Waals surface area contributed by atoms with E-state index in [0.29, 0.717) is 11.6 Å².